The van der Waals surface area contributed by atoms with Gasteiger partial charge in [-0.2, -0.15) is 8.67 Å². The number of nitrogens with two attached hydrogens (primary N) is 1. The summed E-state index contributed by atoms with van der Waals surface area (Å²) in [4.78, 5) is 0. The van der Waals surface area contributed by atoms with Crippen LogP contribution in [0.2, 0.25) is 0 Å². The standard InChI is InChI=1S/C16H21NO9S3.3Na/c17-11-5-12(27-25-23-18)8-2-3-9-13(28-26-24-19)6-14(29(20,21)22)10-4-1-7(11)15(8)16(9)10;;;/h1-4,7-14,18-19H,5-6,17H2,(H,20,21,22);;;/q;3*+1/p-3. The summed E-state index contributed by atoms with van der Waals surface area (Å²) in [5.74, 6) is -1.11. The molecule has 0 amide bonds. The summed E-state index contributed by atoms with van der Waals surface area (Å²) in [6.07, 6.45) is 8.12. The van der Waals surface area contributed by atoms with Crippen LogP contribution in [0.25, 0.3) is 0 Å². The van der Waals surface area contributed by atoms with Gasteiger partial charge in [-0.1, -0.05) is 35.5 Å². The fraction of sp³-hybridized carbons (Fsp3) is 0.625. The van der Waals surface area contributed by atoms with Crippen LogP contribution >= 0.6 is 24.1 Å². The summed E-state index contributed by atoms with van der Waals surface area (Å²) >= 11 is 1.59. The molecule has 0 heterocycles. The summed E-state index contributed by atoms with van der Waals surface area (Å²) in [6, 6.07) is -0.276. The van der Waals surface area contributed by atoms with Crippen LogP contribution in [0.4, 0.5) is 0 Å². The van der Waals surface area contributed by atoms with E-state index in [0.717, 1.165) is 23.2 Å². The Balaban J connectivity index is 0.00000171. The van der Waals surface area contributed by atoms with Crippen LogP contribution in [-0.2, 0) is 28.9 Å². The third-order valence-electron chi connectivity index (χ3n) is 6.21. The van der Waals surface area contributed by atoms with E-state index < -0.39 is 26.5 Å². The third kappa shape index (κ3) is 6.51. The molecule has 16 heteroatoms. The molecule has 0 aromatic heterocycles. The number of hydrogen-bond acceptors (Lipinski definition) is 12. The van der Waals surface area contributed by atoms with Crippen LogP contribution in [0, 0.1) is 23.7 Å². The molecular weight excluding hydrogens is 515 g/mol. The van der Waals surface area contributed by atoms with Gasteiger partial charge in [0.1, 0.15) is 0 Å². The van der Waals surface area contributed by atoms with Crippen molar-refractivity contribution in [3.63, 3.8) is 0 Å². The summed E-state index contributed by atoms with van der Waals surface area (Å²) in [5.41, 5.74) is 8.13. The van der Waals surface area contributed by atoms with Gasteiger partial charge >= 0.3 is 88.7 Å². The van der Waals surface area contributed by atoms with Gasteiger partial charge in [-0.15, -0.1) is 0 Å². The zero-order valence-corrected chi connectivity index (χ0v) is 26.3. The van der Waals surface area contributed by atoms with Gasteiger partial charge in [0.15, 0.2) is 0 Å². The largest absolute Gasteiger partial charge is 1.00 e. The molecule has 4 aliphatic rings. The minimum atomic E-state index is -4.62. The second kappa shape index (κ2) is 13.9. The van der Waals surface area contributed by atoms with E-state index in [4.69, 9.17) is 5.73 Å². The van der Waals surface area contributed by atoms with Gasteiger partial charge in [-0.3, -0.25) is 10.1 Å². The van der Waals surface area contributed by atoms with Crippen LogP contribution in [0.5, 0.6) is 0 Å². The fourth-order valence-electron chi connectivity index (χ4n) is 5.17. The molecule has 0 bridgehead atoms. The van der Waals surface area contributed by atoms with Crippen molar-refractivity contribution in [2.24, 2.45) is 29.4 Å². The van der Waals surface area contributed by atoms with Gasteiger partial charge < -0.3 is 20.8 Å². The molecule has 0 aromatic rings. The summed E-state index contributed by atoms with van der Waals surface area (Å²) in [7, 11) is -4.62. The minimum Gasteiger partial charge on any atom is -0.748 e. The second-order valence-electron chi connectivity index (χ2n) is 7.49. The predicted molar refractivity (Wildman–Crippen MR) is 97.1 cm³/mol. The molecule has 0 saturated heterocycles. The SMILES string of the molecule is NC1CC(SOO[O-])C2C=CC3C4=C2C1C=CC4C(S(=O)(=O)[O-])CC3SOO[O-].[Na+].[Na+].[Na+]. The first kappa shape index (κ1) is 32.6. The Kier molecular flexibility index (Phi) is 14.2. The Labute approximate surface area is 261 Å². The summed E-state index contributed by atoms with van der Waals surface area (Å²) in [5, 5.41) is 25.6. The topological polar surface area (TPSA) is 166 Å². The Hall–Kier alpha value is 2.55. The summed E-state index contributed by atoms with van der Waals surface area (Å²) < 4.78 is 45.1. The van der Waals surface area contributed by atoms with E-state index in [-0.39, 0.29) is 124 Å². The molecular formula is C16H18NNa3O9S3. The maximum absolute atomic E-state index is 12.0. The van der Waals surface area contributed by atoms with Crippen molar-refractivity contribution in [3.8, 4) is 0 Å². The van der Waals surface area contributed by atoms with Crippen molar-refractivity contribution >= 4 is 34.2 Å². The maximum atomic E-state index is 12.0. The predicted octanol–water partition coefficient (Wildman–Crippen LogP) is -9.57. The second-order valence-corrected chi connectivity index (χ2v) is 11.0. The summed E-state index contributed by atoms with van der Waals surface area (Å²) in [6.45, 7) is 0. The smallest absolute Gasteiger partial charge is 0.748 e. The molecule has 8 atom stereocenters. The molecule has 32 heavy (non-hydrogen) atoms. The average Bonchev–Trinajstić information content (AvgIpc) is 2.69. The van der Waals surface area contributed by atoms with E-state index >= 15 is 0 Å². The molecule has 10 nitrogen and oxygen atoms in total. The molecule has 4 rings (SSSR count). The molecule has 2 fully saturated rings. The van der Waals surface area contributed by atoms with E-state index in [0.29, 0.717) is 18.5 Å². The van der Waals surface area contributed by atoms with Gasteiger partial charge in [0.05, 0.1) is 15.4 Å². The zero-order valence-electron chi connectivity index (χ0n) is 17.8. The molecule has 2 saturated carbocycles. The van der Waals surface area contributed by atoms with E-state index in [1.165, 1.54) is 0 Å². The van der Waals surface area contributed by atoms with Gasteiger partial charge in [-0.05, 0) is 12.8 Å². The maximum Gasteiger partial charge on any atom is 1.00 e. The first-order valence-corrected chi connectivity index (χ1v) is 12.0. The minimum absolute atomic E-state index is 0. The number of hydrogen-bond donors (Lipinski definition) is 1. The van der Waals surface area contributed by atoms with Crippen molar-refractivity contribution in [1.29, 1.82) is 0 Å². The molecule has 0 radical (unpaired) electrons. The van der Waals surface area contributed by atoms with E-state index in [9.17, 15) is 23.5 Å². The van der Waals surface area contributed by atoms with Gasteiger partial charge in [-0.25, -0.2) is 8.42 Å². The van der Waals surface area contributed by atoms with Gasteiger partial charge in [0.2, 0.25) is 0 Å². The van der Waals surface area contributed by atoms with E-state index in [1.807, 2.05) is 18.2 Å². The van der Waals surface area contributed by atoms with Crippen LogP contribution in [0.1, 0.15) is 12.8 Å². The Bertz CT molecular complexity index is 844. The molecule has 0 spiro atoms. The van der Waals surface area contributed by atoms with Gasteiger partial charge in [0.25, 0.3) is 0 Å². The van der Waals surface area contributed by atoms with Crippen molar-refractivity contribution < 1.29 is 131 Å². The zero-order chi connectivity index (χ0) is 20.8. The van der Waals surface area contributed by atoms with E-state index in [1.54, 1.807) is 6.08 Å². The monoisotopic (exact) mass is 533 g/mol. The first-order chi connectivity index (χ1) is 13.9. The third-order valence-corrected chi connectivity index (χ3v) is 9.17. The van der Waals surface area contributed by atoms with Crippen LogP contribution in [0.3, 0.4) is 0 Å². The Morgan fingerprint density at radius 2 is 1.25 bits per heavy atom. The van der Waals surface area contributed by atoms with Gasteiger partial charge in [0, 0.05) is 64.3 Å². The molecule has 0 aromatic carbocycles. The average molecular weight is 533 g/mol. The molecule has 8 unspecified atom stereocenters. The Morgan fingerprint density at radius 3 is 1.75 bits per heavy atom. The van der Waals surface area contributed by atoms with Crippen molar-refractivity contribution in [1.82, 2.24) is 0 Å². The van der Waals surface area contributed by atoms with Crippen LogP contribution in [0.15, 0.2) is 35.5 Å². The van der Waals surface area contributed by atoms with E-state index in [2.05, 4.69) is 18.7 Å². The molecule has 2 N–H and O–H groups in total. The molecule has 162 valence electrons. The quantitative estimate of drug-likeness (QED) is 0.0821. The number of rotatable bonds is 7. The Morgan fingerprint density at radius 1 is 0.812 bits per heavy atom. The van der Waals surface area contributed by atoms with Crippen molar-refractivity contribution in [3.05, 3.63) is 35.5 Å². The first-order valence-electron chi connectivity index (χ1n) is 8.91. The van der Waals surface area contributed by atoms with Crippen molar-refractivity contribution in [2.45, 2.75) is 34.6 Å². The molecule has 4 aliphatic carbocycles. The van der Waals surface area contributed by atoms with Crippen LogP contribution < -0.4 is 105 Å². The van der Waals surface area contributed by atoms with Crippen molar-refractivity contribution in [2.75, 3.05) is 0 Å². The van der Waals surface area contributed by atoms with Crippen LogP contribution in [-0.4, -0.2) is 34.8 Å². The normalized spacial score (nSPS) is 37.0. The fourth-order valence-corrected chi connectivity index (χ4v) is 7.89. The molecule has 0 aliphatic heterocycles. The number of allylic oxidation sites excluding steroid dienone is 4.